The molecular formula is C23H24N8O4S2. The number of amides is 1. The average Bonchev–Trinajstić information content (AvgIpc) is 3.28. The van der Waals surface area contributed by atoms with E-state index in [0.29, 0.717) is 34.4 Å². The summed E-state index contributed by atoms with van der Waals surface area (Å²) >= 11 is 1.15. The van der Waals surface area contributed by atoms with Crippen LogP contribution in [0, 0.1) is 6.92 Å². The molecule has 1 aliphatic heterocycles. The van der Waals surface area contributed by atoms with Crippen molar-refractivity contribution in [1.29, 1.82) is 0 Å². The van der Waals surface area contributed by atoms with Crippen LogP contribution in [0.5, 0.6) is 0 Å². The molecule has 37 heavy (non-hydrogen) atoms. The molecule has 1 amide bonds. The Balaban J connectivity index is 1.37. The lowest BCUT2D eigenvalue weighted by Crippen LogP contribution is -2.49. The van der Waals surface area contributed by atoms with Gasteiger partial charge in [-0.1, -0.05) is 6.07 Å². The maximum Gasteiger partial charge on any atom is 0.263 e. The van der Waals surface area contributed by atoms with Crippen LogP contribution in [-0.2, 0) is 27.9 Å². The van der Waals surface area contributed by atoms with Crippen molar-refractivity contribution in [2.75, 3.05) is 31.1 Å². The zero-order valence-corrected chi connectivity index (χ0v) is 21.6. The Hall–Kier alpha value is -3.75. The van der Waals surface area contributed by atoms with Crippen LogP contribution in [0.4, 0.5) is 5.95 Å². The molecule has 4 aromatic rings. The first kappa shape index (κ1) is 24.9. The number of aryl methyl sites for hydroxylation is 1. The molecule has 12 nitrogen and oxygen atoms in total. The standard InChI is InChI=1S/C23H24N8O4S2/c1-16-20(37(34,35)31-11-9-29(10-12-31)23-25-7-4-8-26-23)19-21(36-16)28-15-30(22(19)33)14-18(32)27-13-17-5-2-3-6-24-17/h2-8,15H,9-14H2,1H3,(H,27,32). The molecule has 5 rings (SSSR count). The Morgan fingerprint density at radius 3 is 2.46 bits per heavy atom. The van der Waals surface area contributed by atoms with Crippen molar-refractivity contribution in [2.45, 2.75) is 24.9 Å². The van der Waals surface area contributed by atoms with Gasteiger partial charge in [-0.2, -0.15) is 4.31 Å². The van der Waals surface area contributed by atoms with Gasteiger partial charge >= 0.3 is 0 Å². The number of pyridine rings is 1. The summed E-state index contributed by atoms with van der Waals surface area (Å²) in [5.41, 5.74) is 0.106. The highest BCUT2D eigenvalue weighted by atomic mass is 32.2. The van der Waals surface area contributed by atoms with Gasteiger partial charge in [0, 0.05) is 49.6 Å². The number of hydrogen-bond acceptors (Lipinski definition) is 10. The third-order valence-corrected chi connectivity index (χ3v) is 9.19. The molecule has 192 valence electrons. The highest BCUT2D eigenvalue weighted by Gasteiger charge is 2.34. The summed E-state index contributed by atoms with van der Waals surface area (Å²) in [6.07, 6.45) is 6.18. The molecule has 0 unspecified atom stereocenters. The number of anilines is 1. The van der Waals surface area contributed by atoms with Gasteiger partial charge in [0.2, 0.25) is 21.9 Å². The number of nitrogens with zero attached hydrogens (tertiary/aromatic N) is 7. The molecule has 1 N–H and O–H groups in total. The predicted octanol–water partition coefficient (Wildman–Crippen LogP) is 0.779. The third kappa shape index (κ3) is 5.08. The summed E-state index contributed by atoms with van der Waals surface area (Å²) in [6.45, 7) is 2.87. The number of piperazine rings is 1. The fourth-order valence-corrected chi connectivity index (χ4v) is 7.24. The Morgan fingerprint density at radius 1 is 1.03 bits per heavy atom. The molecule has 5 heterocycles. The number of fused-ring (bicyclic) bond motifs is 1. The highest BCUT2D eigenvalue weighted by Crippen LogP contribution is 2.33. The first-order valence-corrected chi connectivity index (χ1v) is 13.8. The number of thiophene rings is 1. The minimum Gasteiger partial charge on any atom is -0.349 e. The summed E-state index contributed by atoms with van der Waals surface area (Å²) in [7, 11) is -3.98. The van der Waals surface area contributed by atoms with Crippen molar-refractivity contribution in [1.82, 2.24) is 34.1 Å². The number of rotatable bonds is 7. The summed E-state index contributed by atoms with van der Waals surface area (Å²) in [5.74, 6) is 0.134. The smallest absolute Gasteiger partial charge is 0.263 e. The van der Waals surface area contributed by atoms with E-state index in [1.54, 1.807) is 43.7 Å². The largest absolute Gasteiger partial charge is 0.349 e. The summed E-state index contributed by atoms with van der Waals surface area (Å²) in [4.78, 5) is 45.4. The molecule has 0 aromatic carbocycles. The number of hydrogen-bond donors (Lipinski definition) is 1. The van der Waals surface area contributed by atoms with Gasteiger partial charge in [-0.05, 0) is 25.1 Å². The average molecular weight is 541 g/mol. The van der Waals surface area contributed by atoms with Crippen molar-refractivity contribution in [3.05, 3.63) is 70.1 Å². The Labute approximate surface area is 216 Å². The normalized spacial score (nSPS) is 14.7. The Bertz CT molecular complexity index is 1580. The molecule has 0 aliphatic carbocycles. The van der Waals surface area contributed by atoms with Gasteiger partial charge in [0.1, 0.15) is 16.3 Å². The van der Waals surface area contributed by atoms with Crippen molar-refractivity contribution >= 4 is 43.4 Å². The zero-order valence-electron chi connectivity index (χ0n) is 19.9. The fraction of sp³-hybridized carbons (Fsp3) is 0.304. The molecule has 1 fully saturated rings. The van der Waals surface area contributed by atoms with Gasteiger partial charge in [0.15, 0.2) is 0 Å². The second-order valence-corrected chi connectivity index (χ2v) is 11.5. The van der Waals surface area contributed by atoms with Crippen molar-refractivity contribution in [3.63, 3.8) is 0 Å². The minimum atomic E-state index is -3.98. The van der Waals surface area contributed by atoms with Gasteiger partial charge in [-0.15, -0.1) is 11.3 Å². The number of carbonyl (C=O) groups excluding carboxylic acids is 1. The number of carbonyl (C=O) groups is 1. The summed E-state index contributed by atoms with van der Waals surface area (Å²) in [6, 6.07) is 7.09. The highest BCUT2D eigenvalue weighted by molar-refractivity contribution is 7.89. The van der Waals surface area contributed by atoms with Crippen LogP contribution >= 0.6 is 11.3 Å². The van der Waals surface area contributed by atoms with E-state index < -0.39 is 21.5 Å². The van der Waals surface area contributed by atoms with E-state index in [9.17, 15) is 18.0 Å². The van der Waals surface area contributed by atoms with Gasteiger partial charge in [-0.25, -0.2) is 23.4 Å². The van der Waals surface area contributed by atoms with E-state index in [0.717, 1.165) is 15.9 Å². The van der Waals surface area contributed by atoms with Gasteiger partial charge < -0.3 is 10.2 Å². The lowest BCUT2D eigenvalue weighted by molar-refractivity contribution is -0.121. The van der Waals surface area contributed by atoms with Crippen LogP contribution in [-0.4, -0.2) is 69.3 Å². The van der Waals surface area contributed by atoms with Gasteiger partial charge in [0.05, 0.1) is 24.0 Å². The lowest BCUT2D eigenvalue weighted by atomic mass is 10.3. The van der Waals surface area contributed by atoms with Crippen LogP contribution in [0.3, 0.4) is 0 Å². The predicted molar refractivity (Wildman–Crippen MR) is 138 cm³/mol. The van der Waals surface area contributed by atoms with E-state index in [1.807, 2.05) is 11.0 Å². The van der Waals surface area contributed by atoms with E-state index >= 15 is 0 Å². The lowest BCUT2D eigenvalue weighted by Gasteiger charge is -2.33. The maximum absolute atomic E-state index is 13.7. The molecular weight excluding hydrogens is 516 g/mol. The monoisotopic (exact) mass is 540 g/mol. The fourth-order valence-electron chi connectivity index (χ4n) is 4.15. The quantitative estimate of drug-likeness (QED) is 0.360. The topological polar surface area (TPSA) is 143 Å². The summed E-state index contributed by atoms with van der Waals surface area (Å²) < 4.78 is 29.9. The minimum absolute atomic E-state index is 0.0105. The Morgan fingerprint density at radius 2 is 1.76 bits per heavy atom. The van der Waals surface area contributed by atoms with Crippen molar-refractivity contribution in [2.24, 2.45) is 0 Å². The molecule has 1 saturated heterocycles. The van der Waals surface area contributed by atoms with Crippen LogP contribution in [0.15, 0.2) is 58.9 Å². The van der Waals surface area contributed by atoms with E-state index in [1.165, 1.54) is 10.6 Å². The molecule has 0 radical (unpaired) electrons. The van der Waals surface area contributed by atoms with E-state index in [4.69, 9.17) is 0 Å². The maximum atomic E-state index is 13.7. The SMILES string of the molecule is Cc1sc2ncn(CC(=O)NCc3ccccn3)c(=O)c2c1S(=O)(=O)N1CCN(c2ncccn2)CC1. The second kappa shape index (κ2) is 10.3. The van der Waals surface area contributed by atoms with Crippen LogP contribution < -0.4 is 15.8 Å². The van der Waals surface area contributed by atoms with Crippen LogP contribution in [0.2, 0.25) is 0 Å². The van der Waals surface area contributed by atoms with Crippen LogP contribution in [0.1, 0.15) is 10.6 Å². The third-order valence-electron chi connectivity index (χ3n) is 5.98. The van der Waals surface area contributed by atoms with Gasteiger partial charge in [0.25, 0.3) is 5.56 Å². The molecule has 14 heteroatoms. The number of aromatic nitrogens is 5. The second-order valence-electron chi connectivity index (χ2n) is 8.38. The van der Waals surface area contributed by atoms with Gasteiger partial charge in [-0.3, -0.25) is 19.1 Å². The molecule has 0 atom stereocenters. The molecule has 0 spiro atoms. The van der Waals surface area contributed by atoms with E-state index in [2.05, 4.69) is 25.3 Å². The summed E-state index contributed by atoms with van der Waals surface area (Å²) in [5, 5.41) is 2.72. The molecule has 1 aliphatic rings. The number of sulfonamides is 1. The van der Waals surface area contributed by atoms with E-state index in [-0.39, 0.29) is 36.5 Å². The first-order chi connectivity index (χ1) is 17.8. The molecule has 0 saturated carbocycles. The Kier molecular flexibility index (Phi) is 6.95. The zero-order chi connectivity index (χ0) is 26.0. The number of nitrogens with one attached hydrogen (secondary N) is 1. The first-order valence-electron chi connectivity index (χ1n) is 11.5. The van der Waals surface area contributed by atoms with Crippen molar-refractivity contribution < 1.29 is 13.2 Å². The van der Waals surface area contributed by atoms with Crippen LogP contribution in [0.25, 0.3) is 10.2 Å². The molecule has 4 aromatic heterocycles. The van der Waals surface area contributed by atoms with Crippen molar-refractivity contribution in [3.8, 4) is 0 Å². The molecule has 0 bridgehead atoms.